The monoisotopic (exact) mass is 440 g/mol. The van der Waals surface area contributed by atoms with Crippen LogP contribution in [0.1, 0.15) is 34.0 Å². The molecule has 1 aliphatic heterocycles. The van der Waals surface area contributed by atoms with Crippen LogP contribution in [0.3, 0.4) is 0 Å². The molecule has 11 heteroatoms. The Hall–Kier alpha value is -2.66. The van der Waals surface area contributed by atoms with Crippen LogP contribution in [0.15, 0.2) is 29.6 Å². The number of hydrogen-bond donors (Lipinski definition) is 2. The van der Waals surface area contributed by atoms with Crippen molar-refractivity contribution in [1.82, 2.24) is 15.8 Å². The van der Waals surface area contributed by atoms with Gasteiger partial charge in [-0.15, -0.1) is 11.3 Å². The number of hydrazine groups is 1. The number of rotatable bonds is 4. The highest BCUT2D eigenvalue weighted by Gasteiger charge is 2.44. The molecule has 0 bridgehead atoms. The van der Waals surface area contributed by atoms with Crippen LogP contribution in [-0.4, -0.2) is 43.1 Å². The minimum absolute atomic E-state index is 0.156. The third-order valence-electron chi connectivity index (χ3n) is 5.10. The highest BCUT2D eigenvalue weighted by atomic mass is 32.1. The van der Waals surface area contributed by atoms with E-state index in [1.54, 1.807) is 5.38 Å². The zero-order chi connectivity index (χ0) is 21.3. The largest absolute Gasteiger partial charge is 0.416 e. The number of morpholine rings is 1. The van der Waals surface area contributed by atoms with Gasteiger partial charge in [0.1, 0.15) is 5.69 Å². The van der Waals surface area contributed by atoms with Crippen molar-refractivity contribution >= 4 is 28.3 Å². The lowest BCUT2D eigenvalue weighted by molar-refractivity contribution is -0.137. The van der Waals surface area contributed by atoms with E-state index in [1.807, 2.05) is 4.90 Å². The van der Waals surface area contributed by atoms with Gasteiger partial charge in [0.2, 0.25) is 5.91 Å². The van der Waals surface area contributed by atoms with Crippen molar-refractivity contribution in [2.45, 2.75) is 18.5 Å². The summed E-state index contributed by atoms with van der Waals surface area (Å²) >= 11 is 1.34. The first-order valence-electron chi connectivity index (χ1n) is 9.38. The van der Waals surface area contributed by atoms with Crippen LogP contribution < -0.4 is 15.8 Å². The van der Waals surface area contributed by atoms with E-state index in [0.717, 1.165) is 17.3 Å². The van der Waals surface area contributed by atoms with Gasteiger partial charge < -0.3 is 9.64 Å². The summed E-state index contributed by atoms with van der Waals surface area (Å²) in [7, 11) is 0. The average Bonchev–Trinajstić information content (AvgIpc) is 3.39. The number of carbonyl (C=O) groups is 2. The summed E-state index contributed by atoms with van der Waals surface area (Å²) < 4.78 is 43.2. The molecule has 2 atom stereocenters. The fraction of sp³-hybridized carbons (Fsp3) is 0.421. The van der Waals surface area contributed by atoms with Crippen molar-refractivity contribution in [3.63, 3.8) is 0 Å². The number of thiazole rings is 1. The lowest BCUT2D eigenvalue weighted by Gasteiger charge is -2.25. The van der Waals surface area contributed by atoms with Gasteiger partial charge in [-0.25, -0.2) is 4.98 Å². The summed E-state index contributed by atoms with van der Waals surface area (Å²) in [5.74, 6) is -1.44. The number of hydrogen-bond acceptors (Lipinski definition) is 6. The molecule has 2 aromatic rings. The Morgan fingerprint density at radius 1 is 1.13 bits per heavy atom. The minimum atomic E-state index is -4.39. The van der Waals surface area contributed by atoms with Gasteiger partial charge in [-0.05, 0) is 30.0 Å². The van der Waals surface area contributed by atoms with Gasteiger partial charge >= 0.3 is 6.18 Å². The predicted molar refractivity (Wildman–Crippen MR) is 103 cm³/mol. The maximum atomic E-state index is 12.6. The number of nitrogens with one attached hydrogen (secondary N) is 2. The molecule has 1 aliphatic carbocycles. The molecule has 2 heterocycles. The fourth-order valence-electron chi connectivity index (χ4n) is 3.32. The lowest BCUT2D eigenvalue weighted by atomic mass is 10.1. The number of carbonyl (C=O) groups excluding carboxylic acids is 2. The summed E-state index contributed by atoms with van der Waals surface area (Å²) in [6.07, 6.45) is -3.87. The number of amides is 2. The van der Waals surface area contributed by atoms with Crippen LogP contribution in [0.4, 0.5) is 18.3 Å². The van der Waals surface area contributed by atoms with Crippen molar-refractivity contribution in [2.75, 3.05) is 31.2 Å². The minimum Gasteiger partial charge on any atom is -0.378 e. The van der Waals surface area contributed by atoms with Gasteiger partial charge in [0.15, 0.2) is 5.13 Å². The van der Waals surface area contributed by atoms with E-state index in [-0.39, 0.29) is 23.4 Å². The molecule has 2 fully saturated rings. The molecular weight excluding hydrogens is 421 g/mol. The van der Waals surface area contributed by atoms with Crippen molar-refractivity contribution in [2.24, 2.45) is 5.92 Å². The molecule has 7 nitrogen and oxygen atoms in total. The molecule has 30 heavy (non-hydrogen) atoms. The first-order valence-corrected chi connectivity index (χ1v) is 10.3. The van der Waals surface area contributed by atoms with Gasteiger partial charge in [-0.3, -0.25) is 20.4 Å². The maximum Gasteiger partial charge on any atom is 0.416 e. The predicted octanol–water partition coefficient (Wildman–Crippen LogP) is 2.56. The lowest BCUT2D eigenvalue weighted by Crippen LogP contribution is -2.42. The van der Waals surface area contributed by atoms with Crippen molar-refractivity contribution in [3.8, 4) is 0 Å². The summed E-state index contributed by atoms with van der Waals surface area (Å²) in [5, 5.41) is 2.34. The molecule has 1 aromatic heterocycles. The first kappa shape index (κ1) is 20.6. The second-order valence-corrected chi connectivity index (χ2v) is 7.96. The third kappa shape index (κ3) is 4.57. The second kappa shape index (κ2) is 8.23. The highest BCUT2D eigenvalue weighted by molar-refractivity contribution is 7.13. The van der Waals surface area contributed by atoms with Crippen LogP contribution >= 0.6 is 11.3 Å². The third-order valence-corrected chi connectivity index (χ3v) is 6.00. The molecule has 2 N–H and O–H groups in total. The number of ether oxygens (including phenoxy) is 1. The molecule has 1 saturated carbocycles. The van der Waals surface area contributed by atoms with Crippen LogP contribution in [0.2, 0.25) is 0 Å². The summed E-state index contributed by atoms with van der Waals surface area (Å²) in [6.45, 7) is 2.63. The maximum absolute atomic E-state index is 12.6. The van der Waals surface area contributed by atoms with E-state index >= 15 is 0 Å². The Labute approximate surface area is 174 Å². The van der Waals surface area contributed by atoms with E-state index in [1.165, 1.54) is 23.5 Å². The quantitative estimate of drug-likeness (QED) is 0.714. The summed E-state index contributed by atoms with van der Waals surface area (Å²) in [5.41, 5.74) is 4.88. The molecule has 2 unspecified atom stereocenters. The van der Waals surface area contributed by atoms with E-state index < -0.39 is 17.6 Å². The Kier molecular flexibility index (Phi) is 5.65. The molecule has 1 aromatic carbocycles. The van der Waals surface area contributed by atoms with E-state index in [0.29, 0.717) is 38.3 Å². The van der Waals surface area contributed by atoms with Gasteiger partial charge in [0.25, 0.3) is 5.91 Å². The van der Waals surface area contributed by atoms with E-state index in [4.69, 9.17) is 4.74 Å². The highest BCUT2D eigenvalue weighted by Crippen LogP contribution is 2.47. The molecule has 160 valence electrons. The Morgan fingerprint density at radius 3 is 2.50 bits per heavy atom. The average molecular weight is 440 g/mol. The zero-order valence-electron chi connectivity index (χ0n) is 15.7. The normalized spacial score (nSPS) is 21.2. The number of halogens is 3. The number of nitrogens with zero attached hydrogens (tertiary/aromatic N) is 2. The molecule has 2 amide bonds. The Bertz CT molecular complexity index is 926. The van der Waals surface area contributed by atoms with Crippen LogP contribution in [0.25, 0.3) is 0 Å². The van der Waals surface area contributed by atoms with Crippen molar-refractivity contribution < 1.29 is 27.5 Å². The SMILES string of the molecule is O=C(NNC(=O)C1CC1c1ccc(C(F)(F)F)cc1)c1csc(N2CCOCC2)n1. The van der Waals surface area contributed by atoms with Gasteiger partial charge in [0, 0.05) is 24.4 Å². The molecular formula is C19H19F3N4O3S. The number of benzene rings is 1. The van der Waals surface area contributed by atoms with E-state index in [2.05, 4.69) is 15.8 Å². The van der Waals surface area contributed by atoms with Crippen LogP contribution in [-0.2, 0) is 15.7 Å². The second-order valence-electron chi connectivity index (χ2n) is 7.13. The number of anilines is 1. The van der Waals surface area contributed by atoms with Crippen LogP contribution in [0, 0.1) is 5.92 Å². The molecule has 1 saturated heterocycles. The summed E-state index contributed by atoms with van der Waals surface area (Å²) in [6, 6.07) is 4.81. The molecule has 2 aliphatic rings. The fourth-order valence-corrected chi connectivity index (χ4v) is 4.18. The number of aromatic nitrogens is 1. The topological polar surface area (TPSA) is 83.6 Å². The Balaban J connectivity index is 1.27. The zero-order valence-corrected chi connectivity index (χ0v) is 16.6. The molecule has 0 spiro atoms. The molecule has 0 radical (unpaired) electrons. The first-order chi connectivity index (χ1) is 14.3. The number of alkyl halides is 3. The van der Waals surface area contributed by atoms with Crippen molar-refractivity contribution in [3.05, 3.63) is 46.5 Å². The standard InChI is InChI=1S/C19H19F3N4O3S/c20-19(21,22)12-3-1-11(2-4-12)13-9-14(13)16(27)24-25-17(28)15-10-30-18(23-15)26-5-7-29-8-6-26/h1-4,10,13-14H,5-9H2,(H,24,27)(H,25,28). The summed E-state index contributed by atoms with van der Waals surface area (Å²) in [4.78, 5) is 30.8. The Morgan fingerprint density at radius 2 is 1.83 bits per heavy atom. The van der Waals surface area contributed by atoms with E-state index in [9.17, 15) is 22.8 Å². The smallest absolute Gasteiger partial charge is 0.378 e. The van der Waals surface area contributed by atoms with Gasteiger partial charge in [-0.1, -0.05) is 12.1 Å². The van der Waals surface area contributed by atoms with Gasteiger partial charge in [-0.2, -0.15) is 13.2 Å². The van der Waals surface area contributed by atoms with Crippen molar-refractivity contribution in [1.29, 1.82) is 0 Å². The van der Waals surface area contributed by atoms with Crippen LogP contribution in [0.5, 0.6) is 0 Å². The molecule has 4 rings (SSSR count). The van der Waals surface area contributed by atoms with Gasteiger partial charge in [0.05, 0.1) is 18.8 Å².